The molecule has 0 saturated heterocycles. The Morgan fingerprint density at radius 2 is 2.10 bits per heavy atom. The standard InChI is InChI=1S/C17H23BrFN/c1-16(2)12-6-7-17(16,3)15(9-12)20-10-11-4-5-14(19)13(18)8-11/h4-5,8,12,15,20H,6-7,9-10H2,1-3H3. The number of nitrogens with one attached hydrogen (secondary N) is 1. The molecule has 1 aromatic carbocycles. The van der Waals surface area contributed by atoms with Crippen molar-refractivity contribution in [3.05, 3.63) is 34.1 Å². The Balaban J connectivity index is 1.69. The fraction of sp³-hybridized carbons (Fsp3) is 0.647. The first-order valence-electron chi connectivity index (χ1n) is 7.52. The molecule has 2 fully saturated rings. The van der Waals surface area contributed by atoms with E-state index in [0.29, 0.717) is 21.3 Å². The maximum Gasteiger partial charge on any atom is 0.137 e. The summed E-state index contributed by atoms with van der Waals surface area (Å²) in [6, 6.07) is 5.87. The summed E-state index contributed by atoms with van der Waals surface area (Å²) in [5, 5.41) is 3.73. The smallest absolute Gasteiger partial charge is 0.137 e. The van der Waals surface area contributed by atoms with Crippen LogP contribution in [0.3, 0.4) is 0 Å². The largest absolute Gasteiger partial charge is 0.309 e. The molecular formula is C17H23BrFN. The third kappa shape index (κ3) is 2.05. The zero-order chi connectivity index (χ0) is 14.5. The van der Waals surface area contributed by atoms with Gasteiger partial charge in [-0.1, -0.05) is 26.8 Å². The topological polar surface area (TPSA) is 12.0 Å². The first-order valence-corrected chi connectivity index (χ1v) is 8.31. The molecule has 0 aromatic heterocycles. The van der Waals surface area contributed by atoms with Gasteiger partial charge in [0.15, 0.2) is 0 Å². The molecule has 2 aliphatic rings. The Bertz CT molecular complexity index is 528. The molecule has 3 unspecified atom stereocenters. The van der Waals surface area contributed by atoms with Crippen molar-refractivity contribution in [3.63, 3.8) is 0 Å². The highest BCUT2D eigenvalue weighted by atomic mass is 79.9. The minimum atomic E-state index is -0.193. The van der Waals surface area contributed by atoms with Gasteiger partial charge in [-0.05, 0) is 69.6 Å². The Morgan fingerprint density at radius 1 is 1.35 bits per heavy atom. The number of hydrogen-bond acceptors (Lipinski definition) is 1. The first kappa shape index (κ1) is 14.5. The van der Waals surface area contributed by atoms with E-state index in [0.717, 1.165) is 18.0 Å². The van der Waals surface area contributed by atoms with Crippen LogP contribution in [0.5, 0.6) is 0 Å². The monoisotopic (exact) mass is 339 g/mol. The predicted octanol–water partition coefficient (Wildman–Crippen LogP) is 4.89. The van der Waals surface area contributed by atoms with Gasteiger partial charge in [0.1, 0.15) is 5.82 Å². The average Bonchev–Trinajstić information content (AvgIpc) is 2.73. The third-order valence-electron chi connectivity index (χ3n) is 6.33. The lowest BCUT2D eigenvalue weighted by Crippen LogP contribution is -2.44. The second kappa shape index (κ2) is 4.81. The lowest BCUT2D eigenvalue weighted by molar-refractivity contribution is 0.120. The zero-order valence-corrected chi connectivity index (χ0v) is 14.1. The van der Waals surface area contributed by atoms with E-state index in [1.165, 1.54) is 25.3 Å². The second-order valence-electron chi connectivity index (χ2n) is 7.29. The number of benzene rings is 1. The van der Waals surface area contributed by atoms with Gasteiger partial charge in [-0.3, -0.25) is 0 Å². The molecule has 3 heteroatoms. The van der Waals surface area contributed by atoms with E-state index in [1.807, 2.05) is 12.1 Å². The predicted molar refractivity (Wildman–Crippen MR) is 84.0 cm³/mol. The molecular weight excluding hydrogens is 317 g/mol. The van der Waals surface area contributed by atoms with Crippen molar-refractivity contribution in [1.29, 1.82) is 0 Å². The van der Waals surface area contributed by atoms with E-state index in [9.17, 15) is 4.39 Å². The Hall–Kier alpha value is -0.410. The lowest BCUT2D eigenvalue weighted by atomic mass is 9.69. The third-order valence-corrected chi connectivity index (χ3v) is 6.94. The van der Waals surface area contributed by atoms with Gasteiger partial charge < -0.3 is 5.32 Å². The minimum Gasteiger partial charge on any atom is -0.309 e. The number of rotatable bonds is 3. The normalized spacial score (nSPS) is 34.6. The van der Waals surface area contributed by atoms with Crippen LogP contribution in [0.4, 0.5) is 4.39 Å². The zero-order valence-electron chi connectivity index (χ0n) is 12.5. The van der Waals surface area contributed by atoms with Crippen molar-refractivity contribution in [3.8, 4) is 0 Å². The number of hydrogen-bond donors (Lipinski definition) is 1. The van der Waals surface area contributed by atoms with Crippen LogP contribution in [0.15, 0.2) is 22.7 Å². The van der Waals surface area contributed by atoms with E-state index in [1.54, 1.807) is 0 Å². The summed E-state index contributed by atoms with van der Waals surface area (Å²) >= 11 is 3.26. The first-order chi connectivity index (χ1) is 9.34. The van der Waals surface area contributed by atoms with Gasteiger partial charge in [0.25, 0.3) is 0 Å². The van der Waals surface area contributed by atoms with Crippen LogP contribution in [0.2, 0.25) is 0 Å². The summed E-state index contributed by atoms with van der Waals surface area (Å²) in [5.74, 6) is 0.659. The van der Waals surface area contributed by atoms with E-state index >= 15 is 0 Å². The quantitative estimate of drug-likeness (QED) is 0.826. The molecule has 0 heterocycles. The fourth-order valence-electron chi connectivity index (χ4n) is 4.40. The van der Waals surface area contributed by atoms with Crippen LogP contribution < -0.4 is 5.32 Å². The van der Waals surface area contributed by atoms with Crippen molar-refractivity contribution in [2.75, 3.05) is 0 Å². The van der Waals surface area contributed by atoms with Gasteiger partial charge in [-0.15, -0.1) is 0 Å². The molecule has 3 atom stereocenters. The number of halogens is 2. The highest BCUT2D eigenvalue weighted by molar-refractivity contribution is 9.10. The maximum atomic E-state index is 13.3. The van der Waals surface area contributed by atoms with Crippen LogP contribution in [-0.2, 0) is 6.54 Å². The minimum absolute atomic E-state index is 0.193. The molecule has 2 bridgehead atoms. The SMILES string of the molecule is CC1(C)C2CCC1(C)C(NCc1ccc(F)c(Br)c1)C2. The van der Waals surface area contributed by atoms with Crippen LogP contribution in [0, 0.1) is 22.6 Å². The summed E-state index contributed by atoms with van der Waals surface area (Å²) in [6.07, 6.45) is 3.99. The molecule has 0 spiro atoms. The summed E-state index contributed by atoms with van der Waals surface area (Å²) in [4.78, 5) is 0. The maximum absolute atomic E-state index is 13.3. The fourth-order valence-corrected chi connectivity index (χ4v) is 4.83. The van der Waals surface area contributed by atoms with Crippen molar-refractivity contribution in [2.24, 2.45) is 16.7 Å². The van der Waals surface area contributed by atoms with E-state index in [4.69, 9.17) is 0 Å². The molecule has 1 nitrogen and oxygen atoms in total. The van der Waals surface area contributed by atoms with Gasteiger partial charge in [-0.2, -0.15) is 0 Å². The molecule has 0 amide bonds. The van der Waals surface area contributed by atoms with Crippen LogP contribution in [-0.4, -0.2) is 6.04 Å². The molecule has 20 heavy (non-hydrogen) atoms. The highest BCUT2D eigenvalue weighted by Gasteiger charge is 2.60. The Labute approximate surface area is 129 Å². The average molecular weight is 340 g/mol. The molecule has 3 rings (SSSR count). The van der Waals surface area contributed by atoms with Crippen LogP contribution in [0.25, 0.3) is 0 Å². The number of fused-ring (bicyclic) bond motifs is 2. The molecule has 0 aliphatic heterocycles. The van der Waals surface area contributed by atoms with Crippen molar-refractivity contribution in [2.45, 2.75) is 52.6 Å². The van der Waals surface area contributed by atoms with Crippen LogP contribution >= 0.6 is 15.9 Å². The molecule has 1 N–H and O–H groups in total. The van der Waals surface area contributed by atoms with Crippen molar-refractivity contribution < 1.29 is 4.39 Å². The second-order valence-corrected chi connectivity index (χ2v) is 8.15. The van der Waals surface area contributed by atoms with Crippen molar-refractivity contribution >= 4 is 15.9 Å². The van der Waals surface area contributed by atoms with Gasteiger partial charge in [-0.25, -0.2) is 4.39 Å². The Morgan fingerprint density at radius 3 is 2.65 bits per heavy atom. The molecule has 0 radical (unpaired) electrons. The summed E-state index contributed by atoms with van der Waals surface area (Å²) in [7, 11) is 0. The lowest BCUT2D eigenvalue weighted by Gasteiger charge is -2.39. The van der Waals surface area contributed by atoms with Gasteiger partial charge >= 0.3 is 0 Å². The van der Waals surface area contributed by atoms with Gasteiger partial charge in [0.2, 0.25) is 0 Å². The van der Waals surface area contributed by atoms with Crippen LogP contribution in [0.1, 0.15) is 45.6 Å². The highest BCUT2D eigenvalue weighted by Crippen LogP contribution is 2.65. The molecule has 2 aliphatic carbocycles. The summed E-state index contributed by atoms with van der Waals surface area (Å²) in [5.41, 5.74) is 1.98. The van der Waals surface area contributed by atoms with E-state index in [-0.39, 0.29) is 5.82 Å². The Kier molecular flexibility index (Phi) is 3.49. The molecule has 2 saturated carbocycles. The van der Waals surface area contributed by atoms with Gasteiger partial charge in [0, 0.05) is 12.6 Å². The molecule has 1 aromatic rings. The molecule has 110 valence electrons. The van der Waals surface area contributed by atoms with E-state index < -0.39 is 0 Å². The van der Waals surface area contributed by atoms with E-state index in [2.05, 4.69) is 42.0 Å². The summed E-state index contributed by atoms with van der Waals surface area (Å²) < 4.78 is 13.8. The van der Waals surface area contributed by atoms with Crippen molar-refractivity contribution in [1.82, 2.24) is 5.32 Å². The van der Waals surface area contributed by atoms with Gasteiger partial charge in [0.05, 0.1) is 4.47 Å². The summed E-state index contributed by atoms with van der Waals surface area (Å²) in [6.45, 7) is 8.13.